The van der Waals surface area contributed by atoms with Crippen molar-refractivity contribution in [2.24, 2.45) is 11.8 Å². The molecule has 324 valence electrons. The SMILES string of the molecule is c1ccc(-c2c(N(c3ccccc3)c3cccc4c3C35c6c(cccc6N(c6ccccc6)c6ccc7c8ccccc8n(-c8ccccc8)c7c6)CC3CCC5C4)ccc3ccccc23)cc1. The standard InChI is InChI=1S/C65H49N3/c1-5-20-45(21-6-1)62-54-30-14-13-19-44(54)35-40-58(62)68(52-28-11-4-12-29-52)60-34-18-23-47-42-49-37-36-48-41-46-22-17-33-59(63(46)65(48,49)64(47)60)66(50-24-7-2-8-25-50)53-38-39-56-55-31-15-16-32-57(55)67(61(56)43-53)51-26-9-3-10-27-51/h1-35,38-40,43,48-49H,36-37,41-42H2. The Morgan fingerprint density at radius 1 is 0.382 bits per heavy atom. The summed E-state index contributed by atoms with van der Waals surface area (Å²) in [6, 6.07) is 88.2. The first kappa shape index (κ1) is 39.1. The van der Waals surface area contributed by atoms with Crippen LogP contribution >= 0.6 is 0 Å². The summed E-state index contributed by atoms with van der Waals surface area (Å²) in [4.78, 5) is 5.20. The summed E-state index contributed by atoms with van der Waals surface area (Å²) in [5.74, 6) is 0.962. The molecule has 0 radical (unpaired) electrons. The number of hydrogen-bond acceptors (Lipinski definition) is 2. The highest BCUT2D eigenvalue weighted by molar-refractivity contribution is 6.11. The molecule has 3 atom stereocenters. The Morgan fingerprint density at radius 3 is 1.60 bits per heavy atom. The van der Waals surface area contributed by atoms with Crippen molar-refractivity contribution in [3.05, 3.63) is 259 Å². The summed E-state index contributed by atoms with van der Waals surface area (Å²) in [5.41, 5.74) is 19.1. The molecule has 14 rings (SSSR count). The highest BCUT2D eigenvalue weighted by atomic mass is 15.2. The third kappa shape index (κ3) is 5.72. The number of fused-ring (bicyclic) bond motifs is 6. The predicted molar refractivity (Wildman–Crippen MR) is 284 cm³/mol. The van der Waals surface area contributed by atoms with Gasteiger partial charge in [0.15, 0.2) is 0 Å². The van der Waals surface area contributed by atoms with E-state index < -0.39 is 0 Å². The summed E-state index contributed by atoms with van der Waals surface area (Å²) in [6.45, 7) is 0. The molecule has 0 saturated heterocycles. The molecule has 0 bridgehead atoms. The van der Waals surface area contributed by atoms with E-state index in [9.17, 15) is 0 Å². The highest BCUT2D eigenvalue weighted by Crippen LogP contribution is 2.69. The average Bonchev–Trinajstić information content (AvgIpc) is 4.13. The summed E-state index contributed by atoms with van der Waals surface area (Å²) in [7, 11) is 0. The van der Waals surface area contributed by atoms with Crippen LogP contribution in [0.5, 0.6) is 0 Å². The molecular weight excluding hydrogens is 823 g/mol. The number of rotatable bonds is 8. The molecule has 68 heavy (non-hydrogen) atoms. The lowest BCUT2D eigenvalue weighted by atomic mass is 9.68. The number of aromatic nitrogens is 1. The molecule has 1 aromatic heterocycles. The van der Waals surface area contributed by atoms with Crippen LogP contribution in [0.3, 0.4) is 0 Å². The van der Waals surface area contributed by atoms with Gasteiger partial charge in [0.1, 0.15) is 0 Å². The molecule has 11 aromatic rings. The Hall–Kier alpha value is -8.14. The van der Waals surface area contributed by atoms with Gasteiger partial charge in [-0.15, -0.1) is 0 Å². The fourth-order valence-corrected chi connectivity index (χ4v) is 13.3. The van der Waals surface area contributed by atoms with Gasteiger partial charge in [0.2, 0.25) is 0 Å². The molecule has 1 fully saturated rings. The highest BCUT2D eigenvalue weighted by Gasteiger charge is 2.62. The topological polar surface area (TPSA) is 11.4 Å². The third-order valence-corrected chi connectivity index (χ3v) is 15.8. The molecule has 0 N–H and O–H groups in total. The van der Waals surface area contributed by atoms with Crippen LogP contribution in [0.2, 0.25) is 0 Å². The smallest absolute Gasteiger partial charge is 0.0561 e. The predicted octanol–water partition coefficient (Wildman–Crippen LogP) is 17.0. The lowest BCUT2D eigenvalue weighted by Gasteiger charge is -2.40. The molecule has 3 heteroatoms. The van der Waals surface area contributed by atoms with E-state index in [-0.39, 0.29) is 5.41 Å². The number of nitrogens with zero attached hydrogens (tertiary/aromatic N) is 3. The van der Waals surface area contributed by atoms with E-state index in [1.165, 1.54) is 102 Å². The molecule has 1 heterocycles. The van der Waals surface area contributed by atoms with Gasteiger partial charge in [0.05, 0.1) is 28.1 Å². The van der Waals surface area contributed by atoms with E-state index in [0.29, 0.717) is 11.8 Å². The minimum Gasteiger partial charge on any atom is -0.310 e. The zero-order chi connectivity index (χ0) is 44.8. The van der Waals surface area contributed by atoms with Gasteiger partial charge in [-0.05, 0) is 149 Å². The maximum absolute atomic E-state index is 2.62. The van der Waals surface area contributed by atoms with E-state index >= 15 is 0 Å². The monoisotopic (exact) mass is 871 g/mol. The Bertz CT molecular complexity index is 3700. The zero-order valence-corrected chi connectivity index (χ0v) is 37.8. The number of para-hydroxylation sites is 4. The van der Waals surface area contributed by atoms with Gasteiger partial charge in [-0.3, -0.25) is 0 Å². The number of hydrogen-bond donors (Lipinski definition) is 0. The van der Waals surface area contributed by atoms with Crippen molar-refractivity contribution in [1.29, 1.82) is 0 Å². The molecule has 0 aliphatic heterocycles. The first-order valence-corrected chi connectivity index (χ1v) is 24.4. The van der Waals surface area contributed by atoms with Crippen molar-refractivity contribution < 1.29 is 0 Å². The van der Waals surface area contributed by atoms with Crippen LogP contribution in [0.15, 0.2) is 237 Å². The largest absolute Gasteiger partial charge is 0.310 e. The van der Waals surface area contributed by atoms with Gasteiger partial charge in [-0.25, -0.2) is 0 Å². The van der Waals surface area contributed by atoms with Crippen LogP contribution in [0.25, 0.3) is 49.4 Å². The van der Waals surface area contributed by atoms with Gasteiger partial charge in [-0.1, -0.05) is 164 Å². The maximum Gasteiger partial charge on any atom is 0.0561 e. The molecule has 0 amide bonds. The van der Waals surface area contributed by atoms with Crippen LogP contribution in [-0.2, 0) is 18.3 Å². The van der Waals surface area contributed by atoms with Crippen molar-refractivity contribution in [2.45, 2.75) is 31.1 Å². The normalized spacial score (nSPS) is 17.8. The molecule has 3 unspecified atom stereocenters. The summed E-state index contributed by atoms with van der Waals surface area (Å²) >= 11 is 0. The van der Waals surface area contributed by atoms with Gasteiger partial charge >= 0.3 is 0 Å². The van der Waals surface area contributed by atoms with E-state index in [1.807, 2.05) is 0 Å². The van der Waals surface area contributed by atoms with Crippen molar-refractivity contribution >= 4 is 66.7 Å². The molecule has 3 nitrogen and oxygen atoms in total. The second-order valence-electron chi connectivity index (χ2n) is 19.1. The number of benzene rings is 10. The van der Waals surface area contributed by atoms with Crippen LogP contribution in [0.1, 0.15) is 35.1 Å². The fraction of sp³-hybridized carbons (Fsp3) is 0.108. The zero-order valence-electron chi connectivity index (χ0n) is 37.8. The second kappa shape index (κ2) is 15.5. The summed E-state index contributed by atoms with van der Waals surface area (Å²) < 4.78 is 2.45. The number of anilines is 6. The first-order chi connectivity index (χ1) is 33.8. The Morgan fingerprint density at radius 2 is 0.926 bits per heavy atom. The van der Waals surface area contributed by atoms with E-state index in [1.54, 1.807) is 0 Å². The van der Waals surface area contributed by atoms with E-state index in [4.69, 9.17) is 0 Å². The van der Waals surface area contributed by atoms with Crippen molar-refractivity contribution in [3.63, 3.8) is 0 Å². The molecule has 10 aromatic carbocycles. The Kier molecular flexibility index (Phi) is 8.89. The lowest BCUT2D eigenvalue weighted by molar-refractivity contribution is 0.350. The lowest BCUT2D eigenvalue weighted by Crippen LogP contribution is -2.34. The minimum atomic E-state index is -0.190. The first-order valence-electron chi connectivity index (χ1n) is 24.4. The average molecular weight is 872 g/mol. The van der Waals surface area contributed by atoms with Crippen LogP contribution in [0, 0.1) is 11.8 Å². The maximum atomic E-state index is 2.62. The quantitative estimate of drug-likeness (QED) is 0.151. The van der Waals surface area contributed by atoms with E-state index in [0.717, 1.165) is 29.9 Å². The van der Waals surface area contributed by atoms with Gasteiger partial charge < -0.3 is 14.4 Å². The van der Waals surface area contributed by atoms with Gasteiger partial charge in [-0.2, -0.15) is 0 Å². The molecular formula is C65H49N3. The fourth-order valence-electron chi connectivity index (χ4n) is 13.3. The van der Waals surface area contributed by atoms with Gasteiger partial charge in [0.25, 0.3) is 0 Å². The summed E-state index contributed by atoms with van der Waals surface area (Å²) in [6.07, 6.45) is 4.59. The second-order valence-corrected chi connectivity index (χ2v) is 19.1. The third-order valence-electron chi connectivity index (χ3n) is 15.8. The Labute approximate surface area is 397 Å². The van der Waals surface area contributed by atoms with Gasteiger partial charge in [0, 0.05) is 44.5 Å². The minimum absolute atomic E-state index is 0.190. The molecule has 3 aliphatic carbocycles. The van der Waals surface area contributed by atoms with Crippen molar-refractivity contribution in [2.75, 3.05) is 9.80 Å². The molecule has 1 saturated carbocycles. The Balaban J connectivity index is 1.03. The van der Waals surface area contributed by atoms with Crippen LogP contribution < -0.4 is 9.80 Å². The van der Waals surface area contributed by atoms with Crippen molar-refractivity contribution in [1.82, 2.24) is 4.57 Å². The van der Waals surface area contributed by atoms with Crippen molar-refractivity contribution in [3.8, 4) is 16.8 Å². The van der Waals surface area contributed by atoms with E-state index in [2.05, 4.69) is 251 Å². The molecule has 3 aliphatic rings. The summed E-state index contributed by atoms with van der Waals surface area (Å²) in [5, 5.41) is 5.02. The molecule has 1 spiro atoms. The van der Waals surface area contributed by atoms with Crippen LogP contribution in [0.4, 0.5) is 34.1 Å². The van der Waals surface area contributed by atoms with Crippen LogP contribution in [-0.4, -0.2) is 4.57 Å².